The van der Waals surface area contributed by atoms with E-state index < -0.39 is 0 Å². The fraction of sp³-hybridized carbons (Fsp3) is 0.292. The van der Waals surface area contributed by atoms with Crippen molar-refractivity contribution in [2.45, 2.75) is 37.6 Å². The minimum atomic E-state index is 0.464. The molecule has 5 rings (SSSR count). The molecule has 0 radical (unpaired) electrons. The van der Waals surface area contributed by atoms with Crippen LogP contribution in [0.15, 0.2) is 54.6 Å². The van der Waals surface area contributed by atoms with Gasteiger partial charge in [0, 0.05) is 6.04 Å². The molecular formula is C24H22N2. The zero-order valence-electron chi connectivity index (χ0n) is 15.0. The van der Waals surface area contributed by atoms with Crippen LogP contribution in [0.4, 0.5) is 0 Å². The average molecular weight is 338 g/mol. The maximum atomic E-state index is 9.06. The third-order valence-electron chi connectivity index (χ3n) is 6.12. The fourth-order valence-electron chi connectivity index (χ4n) is 4.50. The van der Waals surface area contributed by atoms with E-state index in [-0.39, 0.29) is 0 Å². The number of fused-ring (bicyclic) bond motifs is 2. The molecule has 3 unspecified atom stereocenters. The first-order valence-electron chi connectivity index (χ1n) is 9.53. The second kappa shape index (κ2) is 5.97. The van der Waals surface area contributed by atoms with Gasteiger partial charge in [-0.1, -0.05) is 42.5 Å². The number of nitriles is 1. The number of hydrogen-bond acceptors (Lipinski definition) is 2. The minimum absolute atomic E-state index is 0.464. The summed E-state index contributed by atoms with van der Waals surface area (Å²) in [4.78, 5) is 0. The van der Waals surface area contributed by atoms with Crippen LogP contribution >= 0.6 is 0 Å². The monoisotopic (exact) mass is 338 g/mol. The van der Waals surface area contributed by atoms with E-state index in [1.165, 1.54) is 34.1 Å². The molecule has 128 valence electrons. The number of nitrogens with one attached hydrogen (secondary N) is 1. The molecular weight excluding hydrogens is 316 g/mol. The molecule has 3 atom stereocenters. The second-order valence-electron chi connectivity index (χ2n) is 7.77. The molecule has 26 heavy (non-hydrogen) atoms. The van der Waals surface area contributed by atoms with Gasteiger partial charge in [-0.3, -0.25) is 0 Å². The Kier molecular flexibility index (Phi) is 3.58. The Bertz CT molecular complexity index is 1040. The van der Waals surface area contributed by atoms with E-state index >= 15 is 0 Å². The highest BCUT2D eigenvalue weighted by Crippen LogP contribution is 2.55. The van der Waals surface area contributed by atoms with Gasteiger partial charge in [0.2, 0.25) is 0 Å². The van der Waals surface area contributed by atoms with E-state index in [9.17, 15) is 0 Å². The number of benzene rings is 3. The molecule has 3 aromatic rings. The Morgan fingerprint density at radius 3 is 2.50 bits per heavy atom. The summed E-state index contributed by atoms with van der Waals surface area (Å²) in [5.74, 6) is 1.27. The van der Waals surface area contributed by atoms with Crippen molar-refractivity contribution in [3.8, 4) is 6.07 Å². The van der Waals surface area contributed by atoms with Gasteiger partial charge in [0.25, 0.3) is 0 Å². The van der Waals surface area contributed by atoms with Crippen molar-refractivity contribution in [1.29, 1.82) is 5.26 Å². The SMILES string of the molecule is CC1NCCc2ccc(C3CC3c3ccc4cc(C#N)ccc4c3)cc21. The molecule has 0 bridgehead atoms. The molecule has 0 amide bonds. The van der Waals surface area contributed by atoms with Crippen LogP contribution < -0.4 is 5.32 Å². The van der Waals surface area contributed by atoms with Crippen LogP contribution in [0.5, 0.6) is 0 Å². The lowest BCUT2D eigenvalue weighted by Gasteiger charge is -2.24. The van der Waals surface area contributed by atoms with Crippen molar-refractivity contribution in [3.05, 3.63) is 82.4 Å². The predicted molar refractivity (Wildman–Crippen MR) is 105 cm³/mol. The molecule has 1 N–H and O–H groups in total. The molecule has 2 nitrogen and oxygen atoms in total. The Morgan fingerprint density at radius 1 is 0.923 bits per heavy atom. The first kappa shape index (κ1) is 15.6. The molecule has 1 heterocycles. The summed E-state index contributed by atoms with van der Waals surface area (Å²) in [5.41, 5.74) is 6.64. The normalized spacial score (nSPS) is 24.1. The van der Waals surface area contributed by atoms with Gasteiger partial charge in [0.05, 0.1) is 11.6 Å². The Hall–Kier alpha value is -2.63. The summed E-state index contributed by atoms with van der Waals surface area (Å²) in [6, 6.07) is 22.5. The largest absolute Gasteiger partial charge is 0.310 e. The van der Waals surface area contributed by atoms with Gasteiger partial charge in [-0.25, -0.2) is 0 Å². The molecule has 3 aromatic carbocycles. The third-order valence-corrected chi connectivity index (χ3v) is 6.12. The van der Waals surface area contributed by atoms with Gasteiger partial charge in [-0.2, -0.15) is 5.26 Å². The van der Waals surface area contributed by atoms with Crippen molar-refractivity contribution in [2.24, 2.45) is 0 Å². The summed E-state index contributed by atoms with van der Waals surface area (Å²) in [6.45, 7) is 3.36. The van der Waals surface area contributed by atoms with Crippen LogP contribution in [0.2, 0.25) is 0 Å². The van der Waals surface area contributed by atoms with Crippen LogP contribution in [0.1, 0.15) is 59.0 Å². The van der Waals surface area contributed by atoms with Crippen molar-refractivity contribution in [3.63, 3.8) is 0 Å². The summed E-state index contributed by atoms with van der Waals surface area (Å²) in [6.07, 6.45) is 2.38. The highest BCUT2D eigenvalue weighted by molar-refractivity contribution is 5.84. The lowest BCUT2D eigenvalue weighted by atomic mass is 9.91. The first-order valence-corrected chi connectivity index (χ1v) is 9.53. The summed E-state index contributed by atoms with van der Waals surface area (Å²) in [7, 11) is 0. The Morgan fingerprint density at radius 2 is 1.65 bits per heavy atom. The van der Waals surface area contributed by atoms with Gasteiger partial charge < -0.3 is 5.32 Å². The van der Waals surface area contributed by atoms with E-state index in [0.29, 0.717) is 17.9 Å². The van der Waals surface area contributed by atoms with Crippen molar-refractivity contribution >= 4 is 10.8 Å². The van der Waals surface area contributed by atoms with Crippen LogP contribution in [0.25, 0.3) is 10.8 Å². The number of nitrogens with zero attached hydrogens (tertiary/aromatic N) is 1. The molecule has 0 spiro atoms. The van der Waals surface area contributed by atoms with Crippen molar-refractivity contribution in [2.75, 3.05) is 6.54 Å². The Balaban J connectivity index is 1.43. The minimum Gasteiger partial charge on any atom is -0.310 e. The number of rotatable bonds is 2. The summed E-state index contributed by atoms with van der Waals surface area (Å²) < 4.78 is 0. The molecule has 1 fully saturated rings. The van der Waals surface area contributed by atoms with Crippen molar-refractivity contribution in [1.82, 2.24) is 5.32 Å². The van der Waals surface area contributed by atoms with Crippen LogP contribution in [0, 0.1) is 11.3 Å². The molecule has 0 aromatic heterocycles. The smallest absolute Gasteiger partial charge is 0.0991 e. The van der Waals surface area contributed by atoms with Gasteiger partial charge in [-0.05, 0) is 83.3 Å². The molecule has 0 saturated heterocycles. The highest BCUT2D eigenvalue weighted by Gasteiger charge is 2.39. The van der Waals surface area contributed by atoms with Gasteiger partial charge in [0.15, 0.2) is 0 Å². The highest BCUT2D eigenvalue weighted by atomic mass is 14.9. The fourth-order valence-corrected chi connectivity index (χ4v) is 4.50. The first-order chi connectivity index (χ1) is 12.7. The average Bonchev–Trinajstić information content (AvgIpc) is 3.48. The standard InChI is InChI=1S/C24H22N2/c1-15-22-12-21(6-4-17(22)8-9-26-15)24-13-23(24)20-7-5-18-10-16(14-25)2-3-19(18)11-20/h2-7,10-12,15,23-24,26H,8-9,13H2,1H3. The molecule has 1 aliphatic carbocycles. The summed E-state index contributed by atoms with van der Waals surface area (Å²) >= 11 is 0. The zero-order valence-corrected chi connectivity index (χ0v) is 15.0. The maximum Gasteiger partial charge on any atom is 0.0991 e. The van der Waals surface area contributed by atoms with Gasteiger partial charge >= 0.3 is 0 Å². The van der Waals surface area contributed by atoms with Crippen molar-refractivity contribution < 1.29 is 0 Å². The molecule has 1 saturated carbocycles. The molecule has 2 aliphatic rings. The van der Waals surface area contributed by atoms with E-state index in [1.807, 2.05) is 12.1 Å². The molecule has 1 aliphatic heterocycles. The lowest BCUT2D eigenvalue weighted by molar-refractivity contribution is 0.540. The van der Waals surface area contributed by atoms with Gasteiger partial charge in [-0.15, -0.1) is 0 Å². The number of hydrogen-bond donors (Lipinski definition) is 1. The third kappa shape index (κ3) is 2.60. The van der Waals surface area contributed by atoms with Crippen LogP contribution in [0.3, 0.4) is 0 Å². The topological polar surface area (TPSA) is 35.8 Å². The zero-order chi connectivity index (χ0) is 17.7. The second-order valence-corrected chi connectivity index (χ2v) is 7.77. The van der Waals surface area contributed by atoms with E-state index in [2.05, 4.69) is 60.8 Å². The van der Waals surface area contributed by atoms with E-state index in [1.54, 1.807) is 0 Å². The van der Waals surface area contributed by atoms with Crippen LogP contribution in [-0.2, 0) is 6.42 Å². The van der Waals surface area contributed by atoms with Crippen LogP contribution in [-0.4, -0.2) is 6.54 Å². The summed E-state index contributed by atoms with van der Waals surface area (Å²) in [5, 5.41) is 15.0. The Labute approximate surface area is 154 Å². The molecule has 2 heteroatoms. The van der Waals surface area contributed by atoms with E-state index in [4.69, 9.17) is 5.26 Å². The quantitative estimate of drug-likeness (QED) is 0.698. The predicted octanol–water partition coefficient (Wildman–Crippen LogP) is 5.19. The van der Waals surface area contributed by atoms with Gasteiger partial charge in [0.1, 0.15) is 0 Å². The van der Waals surface area contributed by atoms with E-state index in [0.717, 1.165) is 23.9 Å². The lowest BCUT2D eigenvalue weighted by Crippen LogP contribution is -2.27. The maximum absolute atomic E-state index is 9.06.